The molecule has 1 N–H and O–H groups in total. The predicted molar refractivity (Wildman–Crippen MR) is 91.6 cm³/mol. The van der Waals surface area contributed by atoms with E-state index in [0.29, 0.717) is 12.1 Å². The van der Waals surface area contributed by atoms with Gasteiger partial charge in [-0.1, -0.05) is 63.4 Å². The molecule has 0 bridgehead atoms. The summed E-state index contributed by atoms with van der Waals surface area (Å²) >= 11 is 0. The zero-order valence-corrected chi connectivity index (χ0v) is 14.0. The standard InChI is InChI=1S/C19H32N2/c1-4-18(21(3)17-14-10-7-11-15-17)19(20-5-2)16-12-8-6-9-13-16/h6,8-9,12-13,17-20H,4-5,7,10-11,14-15H2,1-3H3. The molecule has 0 saturated heterocycles. The number of hydrogen-bond acceptors (Lipinski definition) is 2. The highest BCUT2D eigenvalue weighted by molar-refractivity contribution is 5.20. The van der Waals surface area contributed by atoms with E-state index in [1.165, 1.54) is 44.1 Å². The summed E-state index contributed by atoms with van der Waals surface area (Å²) in [6.07, 6.45) is 8.18. The van der Waals surface area contributed by atoms with Gasteiger partial charge >= 0.3 is 0 Å². The van der Waals surface area contributed by atoms with Gasteiger partial charge in [-0.05, 0) is 38.4 Å². The highest BCUT2D eigenvalue weighted by Crippen LogP contribution is 2.29. The smallest absolute Gasteiger partial charge is 0.0477 e. The van der Waals surface area contributed by atoms with Gasteiger partial charge in [0.25, 0.3) is 0 Å². The Bertz CT molecular complexity index is 384. The summed E-state index contributed by atoms with van der Waals surface area (Å²) in [4.78, 5) is 2.67. The van der Waals surface area contributed by atoms with Crippen molar-refractivity contribution in [1.82, 2.24) is 10.2 Å². The lowest BCUT2D eigenvalue weighted by Crippen LogP contribution is -2.47. The molecule has 2 atom stereocenters. The molecule has 0 spiro atoms. The van der Waals surface area contributed by atoms with Gasteiger partial charge in [-0.25, -0.2) is 0 Å². The second-order valence-corrected chi connectivity index (χ2v) is 6.38. The van der Waals surface area contributed by atoms with E-state index in [0.717, 1.165) is 12.6 Å². The summed E-state index contributed by atoms with van der Waals surface area (Å²) in [6.45, 7) is 5.56. The maximum absolute atomic E-state index is 3.73. The van der Waals surface area contributed by atoms with Crippen molar-refractivity contribution in [3.63, 3.8) is 0 Å². The van der Waals surface area contributed by atoms with Crippen molar-refractivity contribution in [2.24, 2.45) is 0 Å². The maximum Gasteiger partial charge on any atom is 0.0477 e. The van der Waals surface area contributed by atoms with Crippen LogP contribution in [0, 0.1) is 0 Å². The van der Waals surface area contributed by atoms with E-state index in [4.69, 9.17) is 0 Å². The van der Waals surface area contributed by atoms with Gasteiger partial charge in [0.15, 0.2) is 0 Å². The average Bonchev–Trinajstić information content (AvgIpc) is 2.56. The Morgan fingerprint density at radius 3 is 2.33 bits per heavy atom. The fourth-order valence-electron chi connectivity index (χ4n) is 3.87. The molecule has 1 saturated carbocycles. The van der Waals surface area contributed by atoms with Gasteiger partial charge in [0.05, 0.1) is 0 Å². The van der Waals surface area contributed by atoms with Crippen molar-refractivity contribution in [1.29, 1.82) is 0 Å². The Labute approximate surface area is 130 Å². The van der Waals surface area contributed by atoms with Crippen molar-refractivity contribution in [3.05, 3.63) is 35.9 Å². The summed E-state index contributed by atoms with van der Waals surface area (Å²) in [6, 6.07) is 12.8. The zero-order chi connectivity index (χ0) is 15.1. The van der Waals surface area contributed by atoms with Crippen LogP contribution in [0.25, 0.3) is 0 Å². The van der Waals surface area contributed by atoms with E-state index >= 15 is 0 Å². The molecular formula is C19H32N2. The van der Waals surface area contributed by atoms with Gasteiger partial charge in [-0.2, -0.15) is 0 Å². The minimum Gasteiger partial charge on any atom is -0.309 e. The van der Waals surface area contributed by atoms with Crippen molar-refractivity contribution in [2.75, 3.05) is 13.6 Å². The van der Waals surface area contributed by atoms with E-state index in [9.17, 15) is 0 Å². The fraction of sp³-hybridized carbons (Fsp3) is 0.684. The van der Waals surface area contributed by atoms with Gasteiger partial charge in [0, 0.05) is 18.1 Å². The molecule has 2 heteroatoms. The van der Waals surface area contributed by atoms with Crippen LogP contribution in [0.2, 0.25) is 0 Å². The molecule has 1 fully saturated rings. The van der Waals surface area contributed by atoms with Crippen molar-refractivity contribution in [2.45, 2.75) is 70.5 Å². The van der Waals surface area contributed by atoms with Crippen LogP contribution in [-0.2, 0) is 0 Å². The number of nitrogens with one attached hydrogen (secondary N) is 1. The predicted octanol–water partition coefficient (Wildman–Crippen LogP) is 4.38. The van der Waals surface area contributed by atoms with Crippen LogP contribution in [0.15, 0.2) is 30.3 Å². The molecule has 1 aromatic rings. The summed E-state index contributed by atoms with van der Waals surface area (Å²) in [5.74, 6) is 0. The van der Waals surface area contributed by atoms with Gasteiger partial charge < -0.3 is 5.32 Å². The number of hydrogen-bond donors (Lipinski definition) is 1. The van der Waals surface area contributed by atoms with E-state index < -0.39 is 0 Å². The molecule has 2 nitrogen and oxygen atoms in total. The van der Waals surface area contributed by atoms with E-state index in [1.54, 1.807) is 0 Å². The molecule has 118 valence electrons. The van der Waals surface area contributed by atoms with Crippen LogP contribution in [0.4, 0.5) is 0 Å². The number of nitrogens with zero attached hydrogens (tertiary/aromatic N) is 1. The van der Waals surface area contributed by atoms with Crippen LogP contribution >= 0.6 is 0 Å². The summed E-state index contributed by atoms with van der Waals surface area (Å²) in [5.41, 5.74) is 1.42. The Morgan fingerprint density at radius 2 is 1.76 bits per heavy atom. The molecule has 2 unspecified atom stereocenters. The van der Waals surface area contributed by atoms with E-state index in [2.05, 4.69) is 61.4 Å². The highest BCUT2D eigenvalue weighted by Gasteiger charge is 2.29. The van der Waals surface area contributed by atoms with Crippen LogP contribution < -0.4 is 5.32 Å². The topological polar surface area (TPSA) is 15.3 Å². The normalized spacial score (nSPS) is 19.6. The molecule has 0 heterocycles. The first kappa shape index (κ1) is 16.5. The lowest BCUT2D eigenvalue weighted by molar-refractivity contribution is 0.107. The van der Waals surface area contributed by atoms with Crippen LogP contribution in [0.1, 0.15) is 64.0 Å². The monoisotopic (exact) mass is 288 g/mol. The Balaban J connectivity index is 2.14. The van der Waals surface area contributed by atoms with E-state index in [-0.39, 0.29) is 0 Å². The third-order valence-electron chi connectivity index (χ3n) is 5.06. The van der Waals surface area contributed by atoms with Gasteiger partial charge in [-0.3, -0.25) is 4.90 Å². The van der Waals surface area contributed by atoms with Crippen LogP contribution in [0.5, 0.6) is 0 Å². The Kier molecular flexibility index (Phi) is 6.72. The molecule has 1 aliphatic carbocycles. The number of likely N-dealkylation sites (N-methyl/N-ethyl adjacent to an activating group) is 2. The largest absolute Gasteiger partial charge is 0.309 e. The van der Waals surface area contributed by atoms with Crippen molar-refractivity contribution >= 4 is 0 Å². The number of rotatable bonds is 7. The first-order chi connectivity index (χ1) is 10.3. The lowest BCUT2D eigenvalue weighted by atomic mass is 9.90. The van der Waals surface area contributed by atoms with Gasteiger partial charge in [0.1, 0.15) is 0 Å². The molecule has 1 aliphatic rings. The fourth-order valence-corrected chi connectivity index (χ4v) is 3.87. The van der Waals surface area contributed by atoms with Crippen molar-refractivity contribution < 1.29 is 0 Å². The van der Waals surface area contributed by atoms with Crippen molar-refractivity contribution in [3.8, 4) is 0 Å². The summed E-state index contributed by atoms with van der Waals surface area (Å²) in [7, 11) is 2.34. The minimum atomic E-state index is 0.438. The highest BCUT2D eigenvalue weighted by atomic mass is 15.2. The Morgan fingerprint density at radius 1 is 1.10 bits per heavy atom. The third-order valence-corrected chi connectivity index (χ3v) is 5.06. The lowest BCUT2D eigenvalue weighted by Gasteiger charge is -2.41. The molecule has 0 radical (unpaired) electrons. The molecule has 2 rings (SSSR count). The molecular weight excluding hydrogens is 256 g/mol. The third kappa shape index (κ3) is 4.31. The average molecular weight is 288 g/mol. The zero-order valence-electron chi connectivity index (χ0n) is 14.0. The molecule has 21 heavy (non-hydrogen) atoms. The Hall–Kier alpha value is -0.860. The van der Waals surface area contributed by atoms with Gasteiger partial charge in [-0.15, -0.1) is 0 Å². The first-order valence-corrected chi connectivity index (χ1v) is 8.78. The van der Waals surface area contributed by atoms with Gasteiger partial charge in [0.2, 0.25) is 0 Å². The van der Waals surface area contributed by atoms with Crippen LogP contribution in [-0.4, -0.2) is 30.6 Å². The second kappa shape index (κ2) is 8.55. The number of benzene rings is 1. The summed E-state index contributed by atoms with van der Waals surface area (Å²) < 4.78 is 0. The molecule has 0 aromatic heterocycles. The quantitative estimate of drug-likeness (QED) is 0.801. The van der Waals surface area contributed by atoms with Crippen LogP contribution in [0.3, 0.4) is 0 Å². The molecule has 1 aromatic carbocycles. The van der Waals surface area contributed by atoms with E-state index in [1.807, 2.05) is 0 Å². The SMILES string of the molecule is CCNC(c1ccccc1)C(CC)N(C)C1CCCCC1. The maximum atomic E-state index is 3.73. The summed E-state index contributed by atoms with van der Waals surface area (Å²) in [5, 5.41) is 3.73. The minimum absolute atomic E-state index is 0.438. The molecule has 0 amide bonds. The first-order valence-electron chi connectivity index (χ1n) is 8.78. The molecule has 0 aliphatic heterocycles. The second-order valence-electron chi connectivity index (χ2n) is 6.38.